The molecule has 0 spiro atoms. The second kappa shape index (κ2) is 7.20. The molecule has 0 bridgehead atoms. The lowest BCUT2D eigenvalue weighted by Crippen LogP contribution is -2.42. The standard InChI is InChI=1S/C16H20FN3O5S/c17-13-11(16(22)23)5-6-12(14(13)19-7-1-2-8-19)15(21)18-26(24,25)20-9-3-4-10-20/h5-6H,1-4,7-10H2,(H,18,21)(H,22,23). The number of amides is 1. The normalized spacial score (nSPS) is 18.3. The number of hydrogen-bond donors (Lipinski definition) is 2. The Bertz CT molecular complexity index is 831. The van der Waals surface area contributed by atoms with Crippen molar-refractivity contribution in [1.82, 2.24) is 9.03 Å². The maximum absolute atomic E-state index is 14.8. The molecule has 1 aromatic carbocycles. The third-order valence-electron chi connectivity index (χ3n) is 4.64. The molecule has 3 rings (SSSR count). The Hall–Kier alpha value is -2.20. The number of nitrogens with one attached hydrogen (secondary N) is 1. The lowest BCUT2D eigenvalue weighted by Gasteiger charge is -2.23. The second-order valence-electron chi connectivity index (χ2n) is 6.36. The molecule has 142 valence electrons. The summed E-state index contributed by atoms with van der Waals surface area (Å²) >= 11 is 0. The minimum atomic E-state index is -4.01. The molecular formula is C16H20FN3O5S. The van der Waals surface area contributed by atoms with Gasteiger partial charge in [0.15, 0.2) is 5.82 Å². The fourth-order valence-electron chi connectivity index (χ4n) is 3.33. The zero-order valence-corrected chi connectivity index (χ0v) is 14.9. The molecule has 2 saturated heterocycles. The molecule has 0 atom stereocenters. The lowest BCUT2D eigenvalue weighted by atomic mass is 10.1. The Kier molecular flexibility index (Phi) is 5.15. The average Bonchev–Trinajstić information content (AvgIpc) is 3.27. The van der Waals surface area contributed by atoms with E-state index in [1.54, 1.807) is 4.90 Å². The Labute approximate surface area is 150 Å². The Morgan fingerprint density at radius 1 is 1.00 bits per heavy atom. The zero-order chi connectivity index (χ0) is 18.9. The van der Waals surface area contributed by atoms with Crippen LogP contribution in [0.25, 0.3) is 0 Å². The number of benzene rings is 1. The molecule has 2 fully saturated rings. The van der Waals surface area contributed by atoms with Crippen molar-refractivity contribution < 1.29 is 27.5 Å². The molecule has 1 aromatic rings. The monoisotopic (exact) mass is 385 g/mol. The molecule has 0 aromatic heterocycles. The first-order chi connectivity index (χ1) is 12.3. The number of aromatic carboxylic acids is 1. The summed E-state index contributed by atoms with van der Waals surface area (Å²) < 4.78 is 42.5. The van der Waals surface area contributed by atoms with Gasteiger partial charge in [-0.2, -0.15) is 12.7 Å². The second-order valence-corrected chi connectivity index (χ2v) is 8.04. The summed E-state index contributed by atoms with van der Waals surface area (Å²) in [7, 11) is -4.01. The molecule has 0 unspecified atom stereocenters. The quantitative estimate of drug-likeness (QED) is 0.789. The summed E-state index contributed by atoms with van der Waals surface area (Å²) in [6.07, 6.45) is 3.00. The van der Waals surface area contributed by atoms with Crippen LogP contribution in [0, 0.1) is 5.82 Å². The number of nitrogens with zero attached hydrogens (tertiary/aromatic N) is 2. The Morgan fingerprint density at radius 3 is 2.12 bits per heavy atom. The summed E-state index contributed by atoms with van der Waals surface area (Å²) in [6, 6.07) is 2.14. The fourth-order valence-corrected chi connectivity index (χ4v) is 4.54. The van der Waals surface area contributed by atoms with Gasteiger partial charge >= 0.3 is 16.2 Å². The molecule has 10 heteroatoms. The van der Waals surface area contributed by atoms with Crippen LogP contribution in [0.4, 0.5) is 10.1 Å². The average molecular weight is 385 g/mol. The van der Waals surface area contributed by atoms with E-state index in [4.69, 9.17) is 5.11 Å². The first kappa shape index (κ1) is 18.6. The van der Waals surface area contributed by atoms with E-state index < -0.39 is 33.5 Å². The van der Waals surface area contributed by atoms with Crippen molar-refractivity contribution in [3.05, 3.63) is 29.1 Å². The first-order valence-corrected chi connectivity index (χ1v) is 9.88. The van der Waals surface area contributed by atoms with Crippen LogP contribution in [-0.4, -0.2) is 55.9 Å². The molecule has 0 aliphatic carbocycles. The first-order valence-electron chi connectivity index (χ1n) is 8.44. The molecule has 0 radical (unpaired) electrons. The highest BCUT2D eigenvalue weighted by atomic mass is 32.2. The van der Waals surface area contributed by atoms with Gasteiger partial charge in [-0.3, -0.25) is 4.79 Å². The number of carbonyl (C=O) groups is 2. The van der Waals surface area contributed by atoms with Gasteiger partial charge in [0.05, 0.1) is 16.8 Å². The van der Waals surface area contributed by atoms with Crippen molar-refractivity contribution in [2.75, 3.05) is 31.1 Å². The lowest BCUT2D eigenvalue weighted by molar-refractivity contribution is 0.0691. The highest BCUT2D eigenvalue weighted by Crippen LogP contribution is 2.30. The third kappa shape index (κ3) is 3.51. The molecule has 26 heavy (non-hydrogen) atoms. The van der Waals surface area contributed by atoms with Crippen LogP contribution in [0.2, 0.25) is 0 Å². The summed E-state index contributed by atoms with van der Waals surface area (Å²) in [5.41, 5.74) is -0.889. The number of carbonyl (C=O) groups excluding carboxylic acids is 1. The van der Waals surface area contributed by atoms with Crippen molar-refractivity contribution >= 4 is 27.8 Å². The van der Waals surface area contributed by atoms with E-state index in [1.165, 1.54) is 4.31 Å². The molecule has 2 N–H and O–H groups in total. The van der Waals surface area contributed by atoms with Crippen molar-refractivity contribution in [3.8, 4) is 0 Å². The number of carboxylic acids is 1. The van der Waals surface area contributed by atoms with E-state index in [-0.39, 0.29) is 11.3 Å². The van der Waals surface area contributed by atoms with Crippen LogP contribution >= 0.6 is 0 Å². The van der Waals surface area contributed by atoms with Crippen LogP contribution in [0.3, 0.4) is 0 Å². The van der Waals surface area contributed by atoms with Crippen LogP contribution in [0.1, 0.15) is 46.4 Å². The van der Waals surface area contributed by atoms with E-state index in [0.717, 1.165) is 37.8 Å². The minimum absolute atomic E-state index is 0.156. The fraction of sp³-hybridized carbons (Fsp3) is 0.500. The number of halogens is 1. The summed E-state index contributed by atoms with van der Waals surface area (Å²) in [5.74, 6) is -3.43. The number of anilines is 1. The molecular weight excluding hydrogens is 365 g/mol. The van der Waals surface area contributed by atoms with Gasteiger partial charge in [-0.15, -0.1) is 0 Å². The maximum Gasteiger partial charge on any atom is 0.338 e. The molecule has 1 amide bonds. The van der Waals surface area contributed by atoms with Gasteiger partial charge in [-0.05, 0) is 37.8 Å². The van der Waals surface area contributed by atoms with E-state index in [9.17, 15) is 22.4 Å². The van der Waals surface area contributed by atoms with Crippen molar-refractivity contribution in [2.45, 2.75) is 25.7 Å². The van der Waals surface area contributed by atoms with Crippen molar-refractivity contribution in [2.24, 2.45) is 0 Å². The topological polar surface area (TPSA) is 107 Å². The van der Waals surface area contributed by atoms with Crippen LogP contribution in [0.15, 0.2) is 12.1 Å². The van der Waals surface area contributed by atoms with E-state index in [2.05, 4.69) is 0 Å². The summed E-state index contributed by atoms with van der Waals surface area (Å²) in [5, 5.41) is 9.13. The minimum Gasteiger partial charge on any atom is -0.478 e. The van der Waals surface area contributed by atoms with Gasteiger partial charge in [0.2, 0.25) is 0 Å². The highest BCUT2D eigenvalue weighted by molar-refractivity contribution is 7.87. The van der Waals surface area contributed by atoms with Crippen LogP contribution in [0.5, 0.6) is 0 Å². The van der Waals surface area contributed by atoms with Gasteiger partial charge in [0.25, 0.3) is 5.91 Å². The number of carboxylic acid groups (broad SMARTS) is 1. The summed E-state index contributed by atoms with van der Waals surface area (Å²) in [4.78, 5) is 25.4. The largest absolute Gasteiger partial charge is 0.478 e. The smallest absolute Gasteiger partial charge is 0.338 e. The SMILES string of the molecule is O=C(O)c1ccc(C(=O)NS(=O)(=O)N2CCCC2)c(N2CCCC2)c1F. The third-order valence-corrected chi connectivity index (χ3v) is 6.13. The highest BCUT2D eigenvalue weighted by Gasteiger charge is 2.31. The van der Waals surface area contributed by atoms with Crippen LogP contribution < -0.4 is 9.62 Å². The molecule has 2 aliphatic heterocycles. The van der Waals surface area contributed by atoms with E-state index >= 15 is 0 Å². The zero-order valence-electron chi connectivity index (χ0n) is 14.1. The number of hydrogen-bond acceptors (Lipinski definition) is 5. The van der Waals surface area contributed by atoms with Gasteiger partial charge < -0.3 is 10.0 Å². The van der Waals surface area contributed by atoms with Crippen molar-refractivity contribution in [3.63, 3.8) is 0 Å². The molecule has 8 nitrogen and oxygen atoms in total. The number of rotatable bonds is 5. The molecule has 0 saturated carbocycles. The van der Waals surface area contributed by atoms with Crippen LogP contribution in [-0.2, 0) is 10.2 Å². The predicted molar refractivity (Wildman–Crippen MR) is 92.0 cm³/mol. The van der Waals surface area contributed by atoms with Gasteiger partial charge in [0.1, 0.15) is 0 Å². The van der Waals surface area contributed by atoms with Gasteiger partial charge in [0, 0.05) is 26.2 Å². The van der Waals surface area contributed by atoms with E-state index in [0.29, 0.717) is 26.2 Å². The van der Waals surface area contributed by atoms with Crippen molar-refractivity contribution in [1.29, 1.82) is 0 Å². The Balaban J connectivity index is 1.96. The molecule has 2 aliphatic rings. The predicted octanol–water partition coefficient (Wildman–Crippen LogP) is 1.19. The van der Waals surface area contributed by atoms with E-state index in [1.807, 2.05) is 4.72 Å². The Morgan fingerprint density at radius 2 is 1.54 bits per heavy atom. The maximum atomic E-state index is 14.8. The van der Waals surface area contributed by atoms with Gasteiger partial charge in [-0.25, -0.2) is 13.9 Å². The van der Waals surface area contributed by atoms with Gasteiger partial charge in [-0.1, -0.05) is 0 Å². The molecule has 2 heterocycles. The summed E-state index contributed by atoms with van der Waals surface area (Å²) in [6.45, 7) is 1.60.